The van der Waals surface area contributed by atoms with E-state index < -0.39 is 0 Å². The number of likely N-dealkylation sites (tertiary alicyclic amines) is 1. The summed E-state index contributed by atoms with van der Waals surface area (Å²) in [5.74, 6) is 0.780. The highest BCUT2D eigenvalue weighted by Crippen LogP contribution is 2.23. The molecule has 0 bridgehead atoms. The summed E-state index contributed by atoms with van der Waals surface area (Å²) in [6, 6.07) is 10.8. The maximum atomic E-state index is 13.0. The van der Waals surface area contributed by atoms with Crippen LogP contribution in [0.2, 0.25) is 0 Å². The van der Waals surface area contributed by atoms with Gasteiger partial charge in [0.15, 0.2) is 0 Å². The summed E-state index contributed by atoms with van der Waals surface area (Å²) in [6.07, 6.45) is 6.67. The molecule has 3 heterocycles. The second kappa shape index (κ2) is 7.92. The van der Waals surface area contributed by atoms with Crippen LogP contribution in [0.4, 0.5) is 0 Å². The minimum Gasteiger partial charge on any atom is -0.351 e. The minimum atomic E-state index is 0.0323. The summed E-state index contributed by atoms with van der Waals surface area (Å²) < 4.78 is 3.72. The standard InChI is InChI=1S/C23H30N4O/c1-17-21-15-24-27(23(28)22(21)18(2)25(17)3)16-26-13-11-20(12-14-26)10-9-19-7-5-4-6-8-19/h4-8,15,20H,9-14,16H2,1-3H3. The zero-order valence-electron chi connectivity index (χ0n) is 17.2. The Labute approximate surface area is 166 Å². The Balaban J connectivity index is 1.38. The summed E-state index contributed by atoms with van der Waals surface area (Å²) in [7, 11) is 2.01. The van der Waals surface area contributed by atoms with Crippen LogP contribution in [0.3, 0.4) is 0 Å². The van der Waals surface area contributed by atoms with Crippen molar-refractivity contribution in [3.63, 3.8) is 0 Å². The van der Waals surface area contributed by atoms with Crippen molar-refractivity contribution in [2.45, 2.75) is 46.2 Å². The fourth-order valence-corrected chi connectivity index (χ4v) is 4.43. The predicted octanol–water partition coefficient (Wildman–Crippen LogP) is 3.65. The molecule has 5 heteroatoms. The second-order valence-corrected chi connectivity index (χ2v) is 8.19. The van der Waals surface area contributed by atoms with Crippen molar-refractivity contribution in [1.82, 2.24) is 19.2 Å². The minimum absolute atomic E-state index is 0.0323. The average Bonchev–Trinajstić information content (AvgIpc) is 2.95. The SMILES string of the molecule is Cc1c2cnn(CN3CCC(CCc4ccccc4)CC3)c(=O)c2c(C)n1C. The van der Waals surface area contributed by atoms with E-state index in [1.807, 2.05) is 27.1 Å². The highest BCUT2D eigenvalue weighted by molar-refractivity contribution is 5.86. The number of aryl methyl sites for hydroxylation is 3. The molecule has 1 aromatic carbocycles. The Hall–Kier alpha value is -2.40. The van der Waals surface area contributed by atoms with Crippen LogP contribution in [0.1, 0.15) is 36.2 Å². The van der Waals surface area contributed by atoms with Gasteiger partial charge in [-0.05, 0) is 51.0 Å². The van der Waals surface area contributed by atoms with Crippen molar-refractivity contribution in [3.8, 4) is 0 Å². The van der Waals surface area contributed by atoms with E-state index >= 15 is 0 Å². The third kappa shape index (κ3) is 3.63. The first kappa shape index (κ1) is 18.9. The van der Waals surface area contributed by atoms with Gasteiger partial charge < -0.3 is 4.57 Å². The lowest BCUT2D eigenvalue weighted by Crippen LogP contribution is -2.39. The molecule has 0 atom stereocenters. The number of nitrogens with zero attached hydrogens (tertiary/aromatic N) is 4. The molecule has 3 aromatic rings. The summed E-state index contributed by atoms with van der Waals surface area (Å²) in [6.45, 7) is 6.73. The molecule has 0 radical (unpaired) electrons. The van der Waals surface area contributed by atoms with E-state index in [4.69, 9.17) is 0 Å². The lowest BCUT2D eigenvalue weighted by molar-refractivity contribution is 0.135. The quantitative estimate of drug-likeness (QED) is 0.681. The van der Waals surface area contributed by atoms with Gasteiger partial charge in [0.05, 0.1) is 18.3 Å². The van der Waals surface area contributed by atoms with Crippen LogP contribution in [0, 0.1) is 19.8 Å². The second-order valence-electron chi connectivity index (χ2n) is 8.19. The van der Waals surface area contributed by atoms with Crippen LogP contribution in [-0.4, -0.2) is 32.3 Å². The maximum Gasteiger partial charge on any atom is 0.277 e. The molecule has 0 spiro atoms. The topological polar surface area (TPSA) is 43.1 Å². The van der Waals surface area contributed by atoms with Crippen LogP contribution in [0.25, 0.3) is 10.8 Å². The Bertz CT molecular complexity index is 1010. The monoisotopic (exact) mass is 378 g/mol. The van der Waals surface area contributed by atoms with Gasteiger partial charge >= 0.3 is 0 Å². The number of piperidine rings is 1. The first-order valence-corrected chi connectivity index (χ1v) is 10.3. The highest BCUT2D eigenvalue weighted by Gasteiger charge is 2.21. The lowest BCUT2D eigenvalue weighted by Gasteiger charge is -2.31. The molecule has 148 valence electrons. The highest BCUT2D eigenvalue weighted by atomic mass is 16.1. The van der Waals surface area contributed by atoms with Crippen molar-refractivity contribution in [2.24, 2.45) is 13.0 Å². The largest absolute Gasteiger partial charge is 0.351 e. The lowest BCUT2D eigenvalue weighted by atomic mass is 9.91. The number of aromatic nitrogens is 3. The van der Waals surface area contributed by atoms with Crippen molar-refractivity contribution in [3.05, 3.63) is 63.8 Å². The summed E-state index contributed by atoms with van der Waals surface area (Å²) in [4.78, 5) is 15.3. The van der Waals surface area contributed by atoms with Crippen molar-refractivity contribution in [2.75, 3.05) is 13.1 Å². The first-order valence-electron chi connectivity index (χ1n) is 10.3. The molecule has 0 saturated carbocycles. The van der Waals surface area contributed by atoms with E-state index in [0.717, 1.165) is 47.6 Å². The van der Waals surface area contributed by atoms with E-state index in [2.05, 4.69) is 44.9 Å². The molecule has 0 N–H and O–H groups in total. The van der Waals surface area contributed by atoms with Gasteiger partial charge in [-0.2, -0.15) is 5.10 Å². The summed E-state index contributed by atoms with van der Waals surface area (Å²) in [5.41, 5.74) is 3.59. The molecular weight excluding hydrogens is 348 g/mol. The molecule has 1 aliphatic rings. The smallest absolute Gasteiger partial charge is 0.277 e. The number of rotatable bonds is 5. The molecule has 0 amide bonds. The zero-order chi connectivity index (χ0) is 19.7. The zero-order valence-corrected chi connectivity index (χ0v) is 17.2. The van der Waals surface area contributed by atoms with Gasteiger partial charge in [0.25, 0.3) is 5.56 Å². The Morgan fingerprint density at radius 3 is 2.50 bits per heavy atom. The molecule has 28 heavy (non-hydrogen) atoms. The van der Waals surface area contributed by atoms with Gasteiger partial charge in [-0.25, -0.2) is 4.68 Å². The molecule has 1 fully saturated rings. The first-order chi connectivity index (χ1) is 13.5. The van der Waals surface area contributed by atoms with Crippen LogP contribution in [0.5, 0.6) is 0 Å². The number of hydrogen-bond donors (Lipinski definition) is 0. The van der Waals surface area contributed by atoms with Crippen molar-refractivity contribution in [1.29, 1.82) is 0 Å². The summed E-state index contributed by atoms with van der Waals surface area (Å²) in [5, 5.41) is 6.25. The maximum absolute atomic E-state index is 13.0. The van der Waals surface area contributed by atoms with Gasteiger partial charge in [-0.1, -0.05) is 30.3 Å². The van der Waals surface area contributed by atoms with Crippen LogP contribution < -0.4 is 5.56 Å². The Morgan fingerprint density at radius 1 is 1.07 bits per heavy atom. The van der Waals surface area contributed by atoms with E-state index in [9.17, 15) is 4.79 Å². The third-order valence-electron chi connectivity index (χ3n) is 6.53. The van der Waals surface area contributed by atoms with Gasteiger partial charge in [0.1, 0.15) is 0 Å². The van der Waals surface area contributed by atoms with Gasteiger partial charge in [0, 0.05) is 36.9 Å². The Kier molecular flexibility index (Phi) is 5.36. The number of benzene rings is 1. The molecule has 5 nitrogen and oxygen atoms in total. The number of hydrogen-bond acceptors (Lipinski definition) is 3. The summed E-state index contributed by atoms with van der Waals surface area (Å²) >= 11 is 0. The van der Waals surface area contributed by atoms with Crippen LogP contribution in [0.15, 0.2) is 41.3 Å². The molecule has 0 aliphatic carbocycles. The third-order valence-corrected chi connectivity index (χ3v) is 6.53. The number of fused-ring (bicyclic) bond motifs is 1. The van der Waals surface area contributed by atoms with Crippen LogP contribution >= 0.6 is 0 Å². The molecule has 1 aliphatic heterocycles. The van der Waals surface area contributed by atoms with Crippen molar-refractivity contribution >= 4 is 10.8 Å². The van der Waals surface area contributed by atoms with E-state index in [0.29, 0.717) is 6.67 Å². The van der Waals surface area contributed by atoms with Gasteiger partial charge in [0.2, 0.25) is 0 Å². The van der Waals surface area contributed by atoms with E-state index in [1.54, 1.807) is 4.68 Å². The van der Waals surface area contributed by atoms with Crippen molar-refractivity contribution < 1.29 is 0 Å². The van der Waals surface area contributed by atoms with E-state index in [1.165, 1.54) is 24.8 Å². The van der Waals surface area contributed by atoms with E-state index in [-0.39, 0.29) is 5.56 Å². The van der Waals surface area contributed by atoms with Crippen LogP contribution in [-0.2, 0) is 20.1 Å². The molecule has 1 saturated heterocycles. The molecule has 2 aromatic heterocycles. The van der Waals surface area contributed by atoms with Gasteiger partial charge in [-0.3, -0.25) is 9.69 Å². The Morgan fingerprint density at radius 2 is 1.79 bits per heavy atom. The normalized spacial score (nSPS) is 16.1. The average molecular weight is 379 g/mol. The fraction of sp³-hybridized carbons (Fsp3) is 0.478. The molecular formula is C23H30N4O. The molecule has 4 rings (SSSR count). The fourth-order valence-electron chi connectivity index (χ4n) is 4.43. The molecule has 0 unspecified atom stereocenters. The van der Waals surface area contributed by atoms with Gasteiger partial charge in [-0.15, -0.1) is 0 Å². The predicted molar refractivity (Wildman–Crippen MR) is 114 cm³/mol.